The molecule has 4 aromatic rings. The molecule has 1 heterocycles. The number of aromatic hydroxyl groups is 3. The second-order valence-corrected chi connectivity index (χ2v) is 7.42. The topological polar surface area (TPSA) is 133 Å². The Balaban J connectivity index is 1.62. The monoisotopic (exact) mass is 493 g/mol. The lowest BCUT2D eigenvalue weighted by molar-refractivity contribution is 0.0945. The largest absolute Gasteiger partial charge is 0.504 e. The first-order valence-corrected chi connectivity index (χ1v) is 10.1. The van der Waals surface area contributed by atoms with E-state index in [1.807, 2.05) is 60.7 Å². The summed E-state index contributed by atoms with van der Waals surface area (Å²) in [6.07, 6.45) is 1.11. The van der Waals surface area contributed by atoms with E-state index in [0.29, 0.717) is 5.82 Å². The number of rotatable bonds is 5. The van der Waals surface area contributed by atoms with Crippen molar-refractivity contribution in [3.8, 4) is 34.3 Å². The Morgan fingerprint density at radius 2 is 1.62 bits per heavy atom. The first kappa shape index (κ1) is 21.1. The number of phenols is 3. The van der Waals surface area contributed by atoms with Crippen LogP contribution >= 0.6 is 15.9 Å². The molecule has 0 radical (unpaired) electrons. The summed E-state index contributed by atoms with van der Waals surface area (Å²) in [6, 6.07) is 19.9. The number of halogens is 1. The van der Waals surface area contributed by atoms with E-state index < -0.39 is 23.2 Å². The smallest absolute Gasteiger partial charge is 0.311 e. The number of carbonyl (C=O) groups excluding carboxylic acids is 1. The van der Waals surface area contributed by atoms with Gasteiger partial charge in [-0.3, -0.25) is 4.79 Å². The molecule has 9 nitrogen and oxygen atoms in total. The molecule has 0 bridgehead atoms. The molecule has 0 aliphatic carbocycles. The molecule has 160 valence electrons. The highest BCUT2D eigenvalue weighted by molar-refractivity contribution is 9.10. The maximum Gasteiger partial charge on any atom is 0.311 e. The van der Waals surface area contributed by atoms with Crippen LogP contribution in [-0.4, -0.2) is 42.2 Å². The average Bonchev–Trinajstić information content (AvgIpc) is 3.28. The Labute approximate surface area is 190 Å². The van der Waals surface area contributed by atoms with Crippen LogP contribution in [0.25, 0.3) is 17.1 Å². The minimum Gasteiger partial charge on any atom is -0.504 e. The Morgan fingerprint density at radius 3 is 2.31 bits per heavy atom. The first-order valence-electron chi connectivity index (χ1n) is 9.30. The molecule has 0 spiro atoms. The van der Waals surface area contributed by atoms with Crippen molar-refractivity contribution in [1.82, 2.24) is 20.2 Å². The molecule has 3 aromatic carbocycles. The number of phenolic OH excluding ortho intramolecular Hbond substituents is 3. The number of aromatic nitrogens is 3. The molecule has 0 saturated heterocycles. The maximum atomic E-state index is 12.6. The van der Waals surface area contributed by atoms with Crippen molar-refractivity contribution in [1.29, 1.82) is 0 Å². The van der Waals surface area contributed by atoms with Gasteiger partial charge in [0.15, 0.2) is 17.3 Å². The molecule has 10 heteroatoms. The molecule has 0 atom stereocenters. The van der Waals surface area contributed by atoms with Crippen molar-refractivity contribution in [2.45, 2.75) is 0 Å². The van der Waals surface area contributed by atoms with Gasteiger partial charge in [0.25, 0.3) is 0 Å². The molecule has 0 fully saturated rings. The van der Waals surface area contributed by atoms with Crippen molar-refractivity contribution in [2.24, 2.45) is 5.10 Å². The van der Waals surface area contributed by atoms with Crippen molar-refractivity contribution in [2.75, 3.05) is 0 Å². The van der Waals surface area contributed by atoms with Gasteiger partial charge < -0.3 is 15.3 Å². The van der Waals surface area contributed by atoms with Crippen LogP contribution in [0, 0.1) is 0 Å². The number of para-hydroxylation sites is 1. The standard InChI is InChI=1S/C22H16BrN5O4/c23-16-11-14(17(29)19(31)18(16)30)12-24-26-22(32)20-25-21(13-7-3-1-4-8-13)28(27-20)15-9-5-2-6-10-15/h1-12,29-31H,(H,26,32). The fraction of sp³-hybridized carbons (Fsp3) is 0. The molecular weight excluding hydrogens is 478 g/mol. The Morgan fingerprint density at radius 1 is 0.969 bits per heavy atom. The summed E-state index contributed by atoms with van der Waals surface area (Å²) in [5, 5.41) is 37.3. The SMILES string of the molecule is O=C(NN=Cc1cc(Br)c(O)c(O)c1O)c1nc(-c2ccccc2)n(-c2ccccc2)n1. The summed E-state index contributed by atoms with van der Waals surface area (Å²) in [6.45, 7) is 0. The van der Waals surface area contributed by atoms with Gasteiger partial charge in [-0.05, 0) is 34.1 Å². The number of hydrazone groups is 1. The normalized spacial score (nSPS) is 11.0. The van der Waals surface area contributed by atoms with Crippen LogP contribution in [0.5, 0.6) is 17.2 Å². The number of hydrogen-bond donors (Lipinski definition) is 4. The van der Waals surface area contributed by atoms with E-state index in [1.54, 1.807) is 4.68 Å². The highest BCUT2D eigenvalue weighted by atomic mass is 79.9. The van der Waals surface area contributed by atoms with Gasteiger partial charge in [0.2, 0.25) is 11.6 Å². The third-order valence-electron chi connectivity index (χ3n) is 4.44. The number of hydrogen-bond acceptors (Lipinski definition) is 7. The van der Waals surface area contributed by atoms with Gasteiger partial charge in [0.1, 0.15) is 0 Å². The second-order valence-electron chi connectivity index (χ2n) is 6.56. The predicted octanol–water partition coefficient (Wildman–Crippen LogP) is 3.58. The van der Waals surface area contributed by atoms with Crippen LogP contribution in [-0.2, 0) is 0 Å². The lowest BCUT2D eigenvalue weighted by atomic mass is 10.2. The van der Waals surface area contributed by atoms with Crippen LogP contribution in [0.2, 0.25) is 0 Å². The van der Waals surface area contributed by atoms with Gasteiger partial charge in [-0.2, -0.15) is 5.10 Å². The number of benzene rings is 3. The van der Waals surface area contributed by atoms with Crippen molar-refractivity contribution < 1.29 is 20.1 Å². The quantitative estimate of drug-likeness (QED) is 0.191. The molecule has 0 aliphatic heterocycles. The molecular formula is C22H16BrN5O4. The van der Waals surface area contributed by atoms with Crippen LogP contribution in [0.15, 0.2) is 76.3 Å². The van der Waals surface area contributed by atoms with Gasteiger partial charge in [0.05, 0.1) is 16.4 Å². The highest BCUT2D eigenvalue weighted by Gasteiger charge is 2.19. The molecule has 0 aliphatic rings. The number of carbonyl (C=O) groups is 1. The van der Waals surface area contributed by atoms with Crippen LogP contribution in [0.3, 0.4) is 0 Å². The summed E-state index contributed by atoms with van der Waals surface area (Å²) < 4.78 is 1.71. The van der Waals surface area contributed by atoms with Crippen LogP contribution in [0.1, 0.15) is 16.2 Å². The van der Waals surface area contributed by atoms with Crippen molar-refractivity contribution in [3.05, 3.63) is 82.6 Å². The zero-order chi connectivity index (χ0) is 22.7. The van der Waals surface area contributed by atoms with Crippen LogP contribution in [0.4, 0.5) is 0 Å². The summed E-state index contributed by atoms with van der Waals surface area (Å²) in [7, 11) is 0. The second kappa shape index (κ2) is 8.90. The van der Waals surface area contributed by atoms with Gasteiger partial charge in [-0.25, -0.2) is 15.1 Å². The van der Waals surface area contributed by atoms with Crippen LogP contribution < -0.4 is 5.43 Å². The Bertz CT molecular complexity index is 1250. The maximum absolute atomic E-state index is 12.6. The summed E-state index contributed by atoms with van der Waals surface area (Å²) in [5.74, 6) is -2.09. The van der Waals surface area contributed by atoms with E-state index in [4.69, 9.17) is 0 Å². The van der Waals surface area contributed by atoms with Gasteiger partial charge >= 0.3 is 5.91 Å². The molecule has 0 saturated carbocycles. The zero-order valence-electron chi connectivity index (χ0n) is 16.3. The predicted molar refractivity (Wildman–Crippen MR) is 121 cm³/mol. The summed E-state index contributed by atoms with van der Waals surface area (Å²) in [5.41, 5.74) is 3.87. The summed E-state index contributed by atoms with van der Waals surface area (Å²) in [4.78, 5) is 17.0. The minimum atomic E-state index is -0.706. The summed E-state index contributed by atoms with van der Waals surface area (Å²) >= 11 is 3.05. The molecule has 4 N–H and O–H groups in total. The third kappa shape index (κ3) is 4.16. The minimum absolute atomic E-state index is 0.0697. The average molecular weight is 494 g/mol. The lowest BCUT2D eigenvalue weighted by Gasteiger charge is -2.05. The molecule has 1 aromatic heterocycles. The third-order valence-corrected chi connectivity index (χ3v) is 5.05. The van der Waals surface area contributed by atoms with E-state index in [2.05, 4.69) is 36.5 Å². The molecule has 0 unspecified atom stereocenters. The van der Waals surface area contributed by atoms with E-state index >= 15 is 0 Å². The molecule has 4 rings (SSSR count). The molecule has 1 amide bonds. The van der Waals surface area contributed by atoms with Gasteiger partial charge in [-0.1, -0.05) is 48.5 Å². The van der Waals surface area contributed by atoms with E-state index in [-0.39, 0.29) is 15.9 Å². The zero-order valence-corrected chi connectivity index (χ0v) is 17.9. The Kier molecular flexibility index (Phi) is 5.86. The van der Waals surface area contributed by atoms with Gasteiger partial charge in [0, 0.05) is 11.1 Å². The number of nitrogens with zero attached hydrogens (tertiary/aromatic N) is 4. The van der Waals surface area contributed by atoms with E-state index in [0.717, 1.165) is 17.5 Å². The van der Waals surface area contributed by atoms with E-state index in [9.17, 15) is 20.1 Å². The lowest BCUT2D eigenvalue weighted by Crippen LogP contribution is -2.19. The fourth-order valence-electron chi connectivity index (χ4n) is 2.88. The fourth-order valence-corrected chi connectivity index (χ4v) is 3.31. The van der Waals surface area contributed by atoms with E-state index in [1.165, 1.54) is 6.07 Å². The van der Waals surface area contributed by atoms with Crippen molar-refractivity contribution >= 4 is 28.1 Å². The number of amides is 1. The van der Waals surface area contributed by atoms with Crippen molar-refractivity contribution in [3.63, 3.8) is 0 Å². The molecule has 32 heavy (non-hydrogen) atoms. The first-order chi connectivity index (χ1) is 15.5. The highest BCUT2D eigenvalue weighted by Crippen LogP contribution is 2.42. The Hall–Kier alpha value is -4.18. The number of nitrogens with one attached hydrogen (secondary N) is 1. The van der Waals surface area contributed by atoms with Gasteiger partial charge in [-0.15, -0.1) is 5.10 Å².